The summed E-state index contributed by atoms with van der Waals surface area (Å²) in [5, 5.41) is 3.47. The molecule has 25 heavy (non-hydrogen) atoms. The molecule has 1 aromatic heterocycles. The van der Waals surface area contributed by atoms with E-state index < -0.39 is 17.8 Å². The van der Waals surface area contributed by atoms with Crippen molar-refractivity contribution in [1.29, 1.82) is 0 Å². The summed E-state index contributed by atoms with van der Waals surface area (Å²) >= 11 is 0. The summed E-state index contributed by atoms with van der Waals surface area (Å²) in [6, 6.07) is 6.85. The van der Waals surface area contributed by atoms with Crippen molar-refractivity contribution in [3.8, 4) is 5.69 Å². The third-order valence-electron chi connectivity index (χ3n) is 3.64. The van der Waals surface area contributed by atoms with Crippen LogP contribution in [0.25, 0.3) is 5.69 Å². The minimum Gasteiger partial charge on any atom is -0.427 e. The summed E-state index contributed by atoms with van der Waals surface area (Å²) in [4.78, 5) is 23.8. The largest absolute Gasteiger partial charge is 0.435 e. The van der Waals surface area contributed by atoms with Gasteiger partial charge in [-0.3, -0.25) is 4.79 Å². The number of hydrogen-bond acceptors (Lipinski definition) is 4. The zero-order chi connectivity index (χ0) is 18.0. The van der Waals surface area contributed by atoms with Crippen molar-refractivity contribution < 1.29 is 27.5 Å². The van der Waals surface area contributed by atoms with E-state index in [0.717, 1.165) is 16.9 Å². The first-order valence-corrected chi connectivity index (χ1v) is 7.52. The van der Waals surface area contributed by atoms with E-state index in [2.05, 4.69) is 5.10 Å². The lowest BCUT2D eigenvalue weighted by Gasteiger charge is -2.14. The number of ketones is 1. The van der Waals surface area contributed by atoms with Crippen LogP contribution in [0, 0.1) is 0 Å². The van der Waals surface area contributed by atoms with Crippen LogP contribution in [0.15, 0.2) is 48.4 Å². The van der Waals surface area contributed by atoms with Crippen LogP contribution < -0.4 is 0 Å². The van der Waals surface area contributed by atoms with Crippen LogP contribution in [-0.4, -0.2) is 21.5 Å². The third kappa shape index (κ3) is 3.78. The highest BCUT2D eigenvalue weighted by atomic mass is 19.4. The van der Waals surface area contributed by atoms with Crippen LogP contribution in [0.5, 0.6) is 0 Å². The zero-order valence-corrected chi connectivity index (χ0v) is 12.9. The van der Waals surface area contributed by atoms with Crippen molar-refractivity contribution in [2.45, 2.75) is 25.4 Å². The van der Waals surface area contributed by atoms with Crippen LogP contribution in [0.1, 0.15) is 35.3 Å². The first-order chi connectivity index (χ1) is 11.8. The molecule has 0 saturated heterocycles. The molecule has 1 aromatic carbocycles. The second-order valence-corrected chi connectivity index (χ2v) is 5.48. The maximum absolute atomic E-state index is 12.7. The number of benzene rings is 1. The number of carbonyl (C=O) groups excluding carboxylic acids is 2. The number of alkyl halides is 3. The van der Waals surface area contributed by atoms with E-state index in [4.69, 9.17) is 4.74 Å². The van der Waals surface area contributed by atoms with Gasteiger partial charge in [0.1, 0.15) is 5.76 Å². The molecule has 2 aromatic rings. The summed E-state index contributed by atoms with van der Waals surface area (Å²) in [6.45, 7) is 0. The maximum Gasteiger partial charge on any atom is 0.435 e. The number of carbonyl (C=O) groups is 2. The fraction of sp³-hybridized carbons (Fsp3) is 0.235. The Kier molecular flexibility index (Phi) is 4.43. The number of para-hydroxylation sites is 1. The van der Waals surface area contributed by atoms with E-state index in [0.29, 0.717) is 19.3 Å². The molecule has 0 N–H and O–H groups in total. The van der Waals surface area contributed by atoms with Crippen LogP contribution in [-0.2, 0) is 15.7 Å². The van der Waals surface area contributed by atoms with E-state index in [9.17, 15) is 22.8 Å². The van der Waals surface area contributed by atoms with Gasteiger partial charge in [0.05, 0.1) is 11.3 Å². The fourth-order valence-corrected chi connectivity index (χ4v) is 2.47. The molecule has 8 heteroatoms. The lowest BCUT2D eigenvalue weighted by Crippen LogP contribution is -2.13. The van der Waals surface area contributed by atoms with Crippen LogP contribution in [0.3, 0.4) is 0 Å². The summed E-state index contributed by atoms with van der Waals surface area (Å²) in [7, 11) is 0. The van der Waals surface area contributed by atoms with Crippen molar-refractivity contribution in [2.24, 2.45) is 0 Å². The zero-order valence-electron chi connectivity index (χ0n) is 12.9. The average Bonchev–Trinajstić information content (AvgIpc) is 3.05. The first-order valence-electron chi connectivity index (χ1n) is 7.52. The molecular weight excluding hydrogens is 337 g/mol. The van der Waals surface area contributed by atoms with Crippen molar-refractivity contribution in [3.63, 3.8) is 0 Å². The van der Waals surface area contributed by atoms with Crippen molar-refractivity contribution in [1.82, 2.24) is 9.78 Å². The smallest absolute Gasteiger partial charge is 0.427 e. The Hall–Kier alpha value is -2.90. The molecule has 1 aliphatic carbocycles. The lowest BCUT2D eigenvalue weighted by molar-refractivity contribution is -0.141. The molecule has 0 aliphatic heterocycles. The molecule has 0 radical (unpaired) electrons. The van der Waals surface area contributed by atoms with E-state index in [1.807, 2.05) is 0 Å². The number of hydrogen-bond donors (Lipinski definition) is 0. The molecule has 130 valence electrons. The SMILES string of the molecule is O=C1C=C(OC(=O)c2ccccc2-n2ccc(C(F)(F)F)n2)CCC1. The lowest BCUT2D eigenvalue weighted by atomic mass is 10.1. The monoisotopic (exact) mass is 350 g/mol. The molecule has 0 fully saturated rings. The van der Waals surface area contributed by atoms with Gasteiger partial charge in [0.15, 0.2) is 11.5 Å². The van der Waals surface area contributed by atoms with E-state index in [1.165, 1.54) is 18.2 Å². The third-order valence-corrected chi connectivity index (χ3v) is 3.64. The summed E-state index contributed by atoms with van der Waals surface area (Å²) in [5.41, 5.74) is -0.847. The molecule has 0 unspecified atom stereocenters. The minimum atomic E-state index is -4.58. The molecular formula is C17H13F3N2O3. The Labute approximate surface area is 140 Å². The van der Waals surface area contributed by atoms with Crippen molar-refractivity contribution in [2.75, 3.05) is 0 Å². The standard InChI is InChI=1S/C17H13F3N2O3/c18-17(19,20)15-8-9-22(21-15)14-7-2-1-6-13(14)16(24)25-12-5-3-4-11(23)10-12/h1-2,6-10H,3-5H2. The number of allylic oxidation sites excluding steroid dienone is 2. The number of rotatable bonds is 3. The Bertz CT molecular complexity index is 853. The molecule has 0 amide bonds. The van der Waals surface area contributed by atoms with Gasteiger partial charge in [0.2, 0.25) is 0 Å². The van der Waals surface area contributed by atoms with Gasteiger partial charge >= 0.3 is 12.1 Å². The fourth-order valence-electron chi connectivity index (χ4n) is 2.47. The van der Waals surface area contributed by atoms with Crippen LogP contribution in [0.2, 0.25) is 0 Å². The minimum absolute atomic E-state index is 0.0539. The molecule has 3 rings (SSSR count). The number of aromatic nitrogens is 2. The van der Waals surface area contributed by atoms with Gasteiger partial charge in [0.25, 0.3) is 0 Å². The molecule has 0 saturated carbocycles. The van der Waals surface area contributed by atoms with E-state index in [-0.39, 0.29) is 22.8 Å². The molecule has 0 atom stereocenters. The number of nitrogens with zero attached hydrogens (tertiary/aromatic N) is 2. The van der Waals surface area contributed by atoms with E-state index in [1.54, 1.807) is 12.1 Å². The van der Waals surface area contributed by atoms with Crippen LogP contribution >= 0.6 is 0 Å². The van der Waals surface area contributed by atoms with Crippen LogP contribution in [0.4, 0.5) is 13.2 Å². The van der Waals surface area contributed by atoms with Gasteiger partial charge in [-0.1, -0.05) is 12.1 Å². The summed E-state index contributed by atoms with van der Waals surface area (Å²) in [5.74, 6) is -0.614. The van der Waals surface area contributed by atoms with Crippen molar-refractivity contribution >= 4 is 11.8 Å². The Morgan fingerprint density at radius 1 is 1.16 bits per heavy atom. The van der Waals surface area contributed by atoms with Gasteiger partial charge in [-0.05, 0) is 24.6 Å². The topological polar surface area (TPSA) is 61.2 Å². The molecule has 0 bridgehead atoms. The van der Waals surface area contributed by atoms with Gasteiger partial charge in [0, 0.05) is 25.1 Å². The highest BCUT2D eigenvalue weighted by molar-refractivity contribution is 5.95. The quantitative estimate of drug-likeness (QED) is 0.792. The number of halogens is 3. The molecule has 5 nitrogen and oxygen atoms in total. The maximum atomic E-state index is 12.7. The highest BCUT2D eigenvalue weighted by Crippen LogP contribution is 2.28. The predicted octanol–water partition coefficient (Wildman–Crippen LogP) is 3.68. The van der Waals surface area contributed by atoms with Gasteiger partial charge in [-0.25, -0.2) is 9.48 Å². The van der Waals surface area contributed by atoms with Gasteiger partial charge in [-0.15, -0.1) is 0 Å². The Morgan fingerprint density at radius 3 is 2.60 bits per heavy atom. The summed E-state index contributed by atoms with van der Waals surface area (Å²) in [6.07, 6.45) is -0.718. The highest BCUT2D eigenvalue weighted by Gasteiger charge is 2.34. The Morgan fingerprint density at radius 2 is 1.92 bits per heavy atom. The van der Waals surface area contributed by atoms with Crippen molar-refractivity contribution in [3.05, 3.63) is 59.6 Å². The van der Waals surface area contributed by atoms with Gasteiger partial charge in [-0.2, -0.15) is 18.3 Å². The molecule has 1 heterocycles. The predicted molar refractivity (Wildman–Crippen MR) is 80.9 cm³/mol. The number of ether oxygens (including phenoxy) is 1. The Balaban J connectivity index is 1.89. The second kappa shape index (κ2) is 6.54. The first kappa shape index (κ1) is 16.9. The summed E-state index contributed by atoms with van der Waals surface area (Å²) < 4.78 is 44.3. The normalized spacial score (nSPS) is 15.0. The van der Waals surface area contributed by atoms with Gasteiger partial charge < -0.3 is 4.74 Å². The number of esters is 1. The molecule has 1 aliphatic rings. The average molecular weight is 350 g/mol. The molecule has 0 spiro atoms. The second-order valence-electron chi connectivity index (χ2n) is 5.48. The van der Waals surface area contributed by atoms with E-state index >= 15 is 0 Å².